The van der Waals surface area contributed by atoms with E-state index in [1.165, 1.54) is 121 Å². The molecular weight excluding hydrogens is 745 g/mol. The highest BCUT2D eigenvalue weighted by Crippen LogP contribution is 2.49. The molecular formula is C62H40. The van der Waals surface area contributed by atoms with Crippen molar-refractivity contribution in [1.29, 1.82) is 0 Å². The fourth-order valence-corrected chi connectivity index (χ4v) is 10.1. The van der Waals surface area contributed by atoms with Gasteiger partial charge >= 0.3 is 0 Å². The normalized spacial score (nSPS) is 11.5. The zero-order chi connectivity index (χ0) is 41.0. The van der Waals surface area contributed by atoms with Gasteiger partial charge in [0.15, 0.2) is 0 Å². The lowest BCUT2D eigenvalue weighted by molar-refractivity contribution is 1.62. The van der Waals surface area contributed by atoms with Crippen molar-refractivity contribution in [1.82, 2.24) is 0 Å². The summed E-state index contributed by atoms with van der Waals surface area (Å²) in [5.74, 6) is 0. The van der Waals surface area contributed by atoms with Crippen molar-refractivity contribution in [2.75, 3.05) is 0 Å². The third kappa shape index (κ3) is 5.84. The van der Waals surface area contributed by atoms with Crippen LogP contribution in [0.15, 0.2) is 243 Å². The van der Waals surface area contributed by atoms with E-state index in [4.69, 9.17) is 0 Å². The summed E-state index contributed by atoms with van der Waals surface area (Å²) < 4.78 is 0. The van der Waals surface area contributed by atoms with Gasteiger partial charge in [0.25, 0.3) is 0 Å². The molecule has 0 unspecified atom stereocenters. The lowest BCUT2D eigenvalue weighted by atomic mass is 9.82. The minimum absolute atomic E-state index is 1.20. The number of hydrogen-bond acceptors (Lipinski definition) is 0. The third-order valence-electron chi connectivity index (χ3n) is 12.9. The Morgan fingerprint density at radius 3 is 1.08 bits per heavy atom. The number of fused-ring (bicyclic) bond motifs is 5. The summed E-state index contributed by atoms with van der Waals surface area (Å²) in [5.41, 5.74) is 14.9. The Morgan fingerprint density at radius 1 is 0.161 bits per heavy atom. The number of hydrogen-bond donors (Lipinski definition) is 0. The summed E-state index contributed by atoms with van der Waals surface area (Å²) in [6.45, 7) is 0. The summed E-state index contributed by atoms with van der Waals surface area (Å²) in [4.78, 5) is 0. The monoisotopic (exact) mass is 784 g/mol. The molecule has 0 bridgehead atoms. The molecule has 0 fully saturated rings. The number of benzene rings is 12. The van der Waals surface area contributed by atoms with Crippen LogP contribution in [0, 0.1) is 0 Å². The molecule has 0 spiro atoms. The Hall–Kier alpha value is -8.06. The van der Waals surface area contributed by atoms with E-state index in [1.807, 2.05) is 0 Å². The van der Waals surface area contributed by atoms with Gasteiger partial charge in [-0.25, -0.2) is 0 Å². The predicted octanol–water partition coefficient (Wildman–Crippen LogP) is 17.5. The van der Waals surface area contributed by atoms with Gasteiger partial charge in [-0.3, -0.25) is 0 Å². The molecule has 62 heavy (non-hydrogen) atoms. The van der Waals surface area contributed by atoms with E-state index in [9.17, 15) is 0 Å². The Labute approximate surface area is 361 Å². The topological polar surface area (TPSA) is 0 Å². The van der Waals surface area contributed by atoms with Crippen LogP contribution >= 0.6 is 0 Å². The van der Waals surface area contributed by atoms with E-state index in [-0.39, 0.29) is 0 Å². The van der Waals surface area contributed by atoms with Crippen LogP contribution < -0.4 is 0 Å². The van der Waals surface area contributed by atoms with Crippen LogP contribution in [0.2, 0.25) is 0 Å². The minimum atomic E-state index is 1.20. The van der Waals surface area contributed by atoms with Crippen LogP contribution in [-0.2, 0) is 0 Å². The van der Waals surface area contributed by atoms with Crippen molar-refractivity contribution in [3.63, 3.8) is 0 Å². The molecule has 0 radical (unpaired) electrons. The second-order valence-electron chi connectivity index (χ2n) is 16.3. The highest BCUT2D eigenvalue weighted by atomic mass is 14.2. The highest BCUT2D eigenvalue weighted by molar-refractivity contribution is 6.24. The van der Waals surface area contributed by atoms with E-state index < -0.39 is 0 Å². The Kier molecular flexibility index (Phi) is 8.61. The van der Waals surface area contributed by atoms with Gasteiger partial charge in [-0.1, -0.05) is 237 Å². The number of rotatable bonds is 6. The zero-order valence-electron chi connectivity index (χ0n) is 34.1. The second-order valence-corrected chi connectivity index (χ2v) is 16.3. The van der Waals surface area contributed by atoms with Crippen LogP contribution in [-0.4, -0.2) is 0 Å². The minimum Gasteiger partial charge on any atom is -0.0622 e. The van der Waals surface area contributed by atoms with Crippen LogP contribution in [0.3, 0.4) is 0 Å². The molecule has 0 heteroatoms. The Bertz CT molecular complexity index is 3590. The smallest absolute Gasteiger partial charge is 0.00201 e. The SMILES string of the molecule is c1ccc(-c2ccc3c(-c4ccc(-c5c6ccccc6c(-c6ccccc6-c6cccc7ccccc67)c6ccccc56)cc4)c4ccccc4c(-c4ccccc4)c3c2)cc1. The van der Waals surface area contributed by atoms with Crippen molar-refractivity contribution < 1.29 is 0 Å². The van der Waals surface area contributed by atoms with Gasteiger partial charge in [-0.15, -0.1) is 0 Å². The Morgan fingerprint density at radius 2 is 0.516 bits per heavy atom. The molecule has 12 aromatic rings. The quantitative estimate of drug-likeness (QED) is 0.147. The van der Waals surface area contributed by atoms with Crippen molar-refractivity contribution in [2.24, 2.45) is 0 Å². The van der Waals surface area contributed by atoms with Crippen molar-refractivity contribution in [3.8, 4) is 66.8 Å². The van der Waals surface area contributed by atoms with Gasteiger partial charge in [0.2, 0.25) is 0 Å². The van der Waals surface area contributed by atoms with E-state index in [0.717, 1.165) is 0 Å². The predicted molar refractivity (Wildman–Crippen MR) is 267 cm³/mol. The Balaban J connectivity index is 1.07. The van der Waals surface area contributed by atoms with Gasteiger partial charge in [0, 0.05) is 0 Å². The molecule has 0 amide bonds. The standard InChI is InChI=1S/C62H40/c1-3-18-41(19-4-1)46-38-39-57-58(40-46)61(43-21-5-2-6-22-43)52-28-12-11-27-51(52)60(57)45-36-34-44(35-37-45)59-53-29-13-15-31-55(53)62(56-32-16-14-30-54(56)59)50-26-10-9-25-49(50)48-33-17-23-42-20-7-8-24-47(42)48/h1-40H. The molecule has 0 N–H and O–H groups in total. The van der Waals surface area contributed by atoms with Gasteiger partial charge in [0.1, 0.15) is 0 Å². The summed E-state index contributed by atoms with van der Waals surface area (Å²) in [6.07, 6.45) is 0. The molecule has 0 aliphatic rings. The maximum atomic E-state index is 2.40. The van der Waals surface area contributed by atoms with Crippen molar-refractivity contribution in [2.45, 2.75) is 0 Å². The van der Waals surface area contributed by atoms with Crippen LogP contribution in [0.4, 0.5) is 0 Å². The van der Waals surface area contributed by atoms with Gasteiger partial charge in [0.05, 0.1) is 0 Å². The summed E-state index contributed by atoms with van der Waals surface area (Å²) in [6, 6.07) is 89.3. The summed E-state index contributed by atoms with van der Waals surface area (Å²) in [7, 11) is 0. The molecule has 0 saturated heterocycles. The molecule has 0 aliphatic heterocycles. The molecule has 12 aromatic carbocycles. The maximum absolute atomic E-state index is 2.40. The average Bonchev–Trinajstić information content (AvgIpc) is 3.35. The molecule has 0 aliphatic carbocycles. The molecule has 0 saturated carbocycles. The van der Waals surface area contributed by atoms with E-state index in [1.54, 1.807) is 0 Å². The first kappa shape index (κ1) is 35.8. The van der Waals surface area contributed by atoms with E-state index in [2.05, 4.69) is 243 Å². The molecule has 0 nitrogen and oxygen atoms in total. The fraction of sp³-hybridized carbons (Fsp3) is 0. The molecule has 288 valence electrons. The first-order valence-corrected chi connectivity index (χ1v) is 21.5. The third-order valence-corrected chi connectivity index (χ3v) is 12.9. The van der Waals surface area contributed by atoms with Gasteiger partial charge in [-0.05, 0) is 127 Å². The van der Waals surface area contributed by atoms with Gasteiger partial charge in [-0.2, -0.15) is 0 Å². The maximum Gasteiger partial charge on any atom is -0.00201 e. The molecule has 0 aromatic heterocycles. The molecule has 0 heterocycles. The van der Waals surface area contributed by atoms with E-state index in [0.29, 0.717) is 0 Å². The lowest BCUT2D eigenvalue weighted by Crippen LogP contribution is -1.93. The summed E-state index contributed by atoms with van der Waals surface area (Å²) in [5, 5.41) is 12.5. The van der Waals surface area contributed by atoms with Crippen molar-refractivity contribution >= 4 is 53.9 Å². The van der Waals surface area contributed by atoms with Crippen molar-refractivity contribution in [3.05, 3.63) is 243 Å². The van der Waals surface area contributed by atoms with E-state index >= 15 is 0 Å². The van der Waals surface area contributed by atoms with Crippen LogP contribution in [0.25, 0.3) is 121 Å². The first-order valence-electron chi connectivity index (χ1n) is 21.5. The summed E-state index contributed by atoms with van der Waals surface area (Å²) >= 11 is 0. The second kappa shape index (κ2) is 14.9. The zero-order valence-corrected chi connectivity index (χ0v) is 34.1. The largest absolute Gasteiger partial charge is 0.0622 e. The molecule has 12 rings (SSSR count). The first-order chi connectivity index (χ1) is 30.8. The fourth-order valence-electron chi connectivity index (χ4n) is 10.1. The highest BCUT2D eigenvalue weighted by Gasteiger charge is 2.21. The van der Waals surface area contributed by atoms with Crippen LogP contribution in [0.1, 0.15) is 0 Å². The molecule has 0 atom stereocenters. The van der Waals surface area contributed by atoms with Gasteiger partial charge < -0.3 is 0 Å². The lowest BCUT2D eigenvalue weighted by Gasteiger charge is -2.21. The van der Waals surface area contributed by atoms with Crippen LogP contribution in [0.5, 0.6) is 0 Å². The average molecular weight is 785 g/mol.